The summed E-state index contributed by atoms with van der Waals surface area (Å²) in [6, 6.07) is 0. The van der Waals surface area contributed by atoms with Crippen molar-refractivity contribution in [3.8, 4) is 0 Å². The molecule has 0 aromatic heterocycles. The van der Waals surface area contributed by atoms with Crippen molar-refractivity contribution in [2.24, 2.45) is 0 Å². The second-order valence-electron chi connectivity index (χ2n) is 10.3. The molecule has 0 bridgehead atoms. The number of unbranched alkanes of at least 4 members (excludes halogenated alkanes) is 6. The van der Waals surface area contributed by atoms with E-state index < -0.39 is 57.4 Å². The van der Waals surface area contributed by atoms with Gasteiger partial charge < -0.3 is 34.6 Å². The van der Waals surface area contributed by atoms with Crippen molar-refractivity contribution in [1.29, 1.82) is 0 Å². The molecule has 0 radical (unpaired) electrons. The lowest BCUT2D eigenvalue weighted by atomic mass is 10.1. The lowest BCUT2D eigenvalue weighted by Gasteiger charge is -2.19. The first-order valence-corrected chi connectivity index (χ1v) is 16.8. The number of phosphoric acid groups is 1. The first kappa shape index (κ1) is 40.9. The molecule has 0 aliphatic rings. The van der Waals surface area contributed by atoms with Gasteiger partial charge in [0, 0.05) is 12.8 Å². The van der Waals surface area contributed by atoms with Crippen LogP contribution in [-0.2, 0) is 28.2 Å². The third-order valence-corrected chi connectivity index (χ3v) is 6.70. The molecule has 0 saturated heterocycles. The molecule has 0 rings (SSSR count). The van der Waals surface area contributed by atoms with Gasteiger partial charge in [0.2, 0.25) is 0 Å². The molecule has 0 saturated carbocycles. The Labute approximate surface area is 256 Å². The first-order chi connectivity index (χ1) is 20.5. The topological polar surface area (TPSA) is 180 Å². The summed E-state index contributed by atoms with van der Waals surface area (Å²) in [6.07, 6.45) is 18.4. The smallest absolute Gasteiger partial charge is 0.462 e. The second kappa shape index (κ2) is 26.3. The number of rotatable bonds is 26. The molecule has 0 spiro atoms. The van der Waals surface area contributed by atoms with Gasteiger partial charge in [0.25, 0.3) is 0 Å². The average molecular weight is 633 g/mol. The van der Waals surface area contributed by atoms with E-state index >= 15 is 0 Å². The molecule has 0 heterocycles. The minimum atomic E-state index is -4.83. The minimum absolute atomic E-state index is 0.0896. The van der Waals surface area contributed by atoms with E-state index in [9.17, 15) is 29.5 Å². The Morgan fingerprint density at radius 3 is 1.93 bits per heavy atom. The third kappa shape index (κ3) is 27.2. The maximum atomic E-state index is 12.3. The van der Waals surface area contributed by atoms with E-state index in [4.69, 9.17) is 19.3 Å². The summed E-state index contributed by atoms with van der Waals surface area (Å²) in [6.45, 7) is 3.13. The Morgan fingerprint density at radius 2 is 1.28 bits per heavy atom. The quantitative estimate of drug-likeness (QED) is 0.0376. The van der Waals surface area contributed by atoms with E-state index in [0.717, 1.165) is 51.4 Å². The number of esters is 2. The Hall–Kier alpha value is -2.11. The van der Waals surface area contributed by atoms with Gasteiger partial charge in [-0.15, -0.1) is 0 Å². The molecule has 0 aliphatic carbocycles. The Kier molecular flexibility index (Phi) is 25.0. The van der Waals surface area contributed by atoms with Gasteiger partial charge in [-0.25, -0.2) is 4.57 Å². The molecule has 0 fully saturated rings. The van der Waals surface area contributed by atoms with Crippen LogP contribution in [-0.4, -0.2) is 74.7 Å². The summed E-state index contributed by atoms with van der Waals surface area (Å²) >= 11 is 0. The SMILES string of the molecule is CCCCCCCC(=O)OC[C@H](COP(=O)(O)O)OC(=O)CCC[C@H](O)[C@@H](O)/C=C/C=C/C=C\C=C\[C@@H](O)CCCCC. The van der Waals surface area contributed by atoms with E-state index in [2.05, 4.69) is 18.4 Å². The van der Waals surface area contributed by atoms with Crippen molar-refractivity contribution in [3.63, 3.8) is 0 Å². The van der Waals surface area contributed by atoms with Crippen molar-refractivity contribution >= 4 is 19.8 Å². The lowest BCUT2D eigenvalue weighted by molar-refractivity contribution is -0.161. The molecular weight excluding hydrogens is 579 g/mol. The number of hydrogen-bond donors (Lipinski definition) is 5. The fourth-order valence-corrected chi connectivity index (χ4v) is 4.11. The molecule has 5 N–H and O–H groups in total. The summed E-state index contributed by atoms with van der Waals surface area (Å²) in [7, 11) is -4.83. The van der Waals surface area contributed by atoms with E-state index in [1.54, 1.807) is 42.5 Å². The molecule has 11 nitrogen and oxygen atoms in total. The molecule has 0 aliphatic heterocycles. The highest BCUT2D eigenvalue weighted by Gasteiger charge is 2.23. The zero-order valence-electron chi connectivity index (χ0n) is 25.7. The number of ether oxygens (including phenoxy) is 2. The van der Waals surface area contributed by atoms with Gasteiger partial charge in [0.05, 0.1) is 24.9 Å². The summed E-state index contributed by atoms with van der Waals surface area (Å²) in [5.41, 5.74) is 0. The van der Waals surface area contributed by atoms with Gasteiger partial charge in [-0.05, 0) is 25.7 Å². The van der Waals surface area contributed by atoms with Gasteiger partial charge in [-0.3, -0.25) is 14.1 Å². The summed E-state index contributed by atoms with van der Waals surface area (Å²) < 4.78 is 25.7. The van der Waals surface area contributed by atoms with E-state index in [-0.39, 0.29) is 25.7 Å². The minimum Gasteiger partial charge on any atom is -0.462 e. The van der Waals surface area contributed by atoms with Crippen LogP contribution in [0.1, 0.15) is 97.3 Å². The van der Waals surface area contributed by atoms with E-state index in [1.807, 2.05) is 0 Å². The molecule has 0 aromatic carbocycles. The Bertz CT molecular complexity index is 894. The zero-order valence-corrected chi connectivity index (χ0v) is 26.6. The number of carbonyl (C=O) groups excluding carboxylic acids is 2. The van der Waals surface area contributed by atoms with Crippen molar-refractivity contribution < 1.29 is 53.3 Å². The van der Waals surface area contributed by atoms with Crippen molar-refractivity contribution in [2.45, 2.75) is 122 Å². The van der Waals surface area contributed by atoms with Crippen LogP contribution in [0.4, 0.5) is 0 Å². The van der Waals surface area contributed by atoms with Crippen LogP contribution in [0.3, 0.4) is 0 Å². The maximum Gasteiger partial charge on any atom is 0.469 e. The number of allylic oxidation sites excluding steroid dienone is 6. The van der Waals surface area contributed by atoms with Gasteiger partial charge in [0.1, 0.15) is 6.61 Å². The number of carbonyl (C=O) groups is 2. The zero-order chi connectivity index (χ0) is 32.3. The highest BCUT2D eigenvalue weighted by molar-refractivity contribution is 7.46. The van der Waals surface area contributed by atoms with Crippen molar-refractivity contribution in [1.82, 2.24) is 0 Å². The predicted octanol–water partition coefficient (Wildman–Crippen LogP) is 4.97. The predicted molar refractivity (Wildman–Crippen MR) is 165 cm³/mol. The van der Waals surface area contributed by atoms with Crippen molar-refractivity contribution in [2.75, 3.05) is 13.2 Å². The van der Waals surface area contributed by atoms with Gasteiger partial charge >= 0.3 is 19.8 Å². The van der Waals surface area contributed by atoms with Crippen LogP contribution >= 0.6 is 7.82 Å². The molecule has 0 amide bonds. The molecule has 248 valence electrons. The largest absolute Gasteiger partial charge is 0.469 e. The van der Waals surface area contributed by atoms with Crippen LogP contribution in [0.5, 0.6) is 0 Å². The van der Waals surface area contributed by atoms with Crippen LogP contribution in [0.25, 0.3) is 0 Å². The average Bonchev–Trinajstić information content (AvgIpc) is 2.95. The lowest BCUT2D eigenvalue weighted by Crippen LogP contribution is -2.29. The highest BCUT2D eigenvalue weighted by Crippen LogP contribution is 2.35. The first-order valence-electron chi connectivity index (χ1n) is 15.3. The van der Waals surface area contributed by atoms with Crippen LogP contribution in [0, 0.1) is 0 Å². The highest BCUT2D eigenvalue weighted by atomic mass is 31.2. The molecule has 43 heavy (non-hydrogen) atoms. The molecule has 0 aromatic rings. The van der Waals surface area contributed by atoms with Crippen LogP contribution < -0.4 is 0 Å². The molecule has 12 heteroatoms. The monoisotopic (exact) mass is 632 g/mol. The van der Waals surface area contributed by atoms with Gasteiger partial charge in [-0.1, -0.05) is 107 Å². The van der Waals surface area contributed by atoms with E-state index in [1.165, 1.54) is 6.08 Å². The number of hydrogen-bond acceptors (Lipinski definition) is 9. The van der Waals surface area contributed by atoms with E-state index in [0.29, 0.717) is 6.42 Å². The standard InChI is InChI=1S/C31H53O11P/c1-3-5-7-10-16-22-30(35)40-24-27(25-41-43(37,38)39)42-31(36)23-17-21-29(34)28(33)20-15-12-9-8-11-14-19-26(32)18-13-6-4-2/h8-9,11-12,14-15,19-20,26-29,32-34H,3-7,10,13,16-18,21-25H2,1-2H3,(H2,37,38,39)/b11-8-,12-9+,19-14+,20-15+/t26-,27+,28-,29-/m0/s1. The van der Waals surface area contributed by atoms with Crippen molar-refractivity contribution in [3.05, 3.63) is 48.6 Å². The number of aliphatic hydroxyl groups excluding tert-OH is 3. The summed E-state index contributed by atoms with van der Waals surface area (Å²) in [4.78, 5) is 42.1. The maximum absolute atomic E-state index is 12.3. The molecule has 4 atom stereocenters. The van der Waals surface area contributed by atoms with Gasteiger partial charge in [-0.2, -0.15) is 0 Å². The number of phosphoric ester groups is 1. The molecule has 0 unspecified atom stereocenters. The normalized spacial score (nSPS) is 15.4. The Balaban J connectivity index is 4.47. The molecular formula is C31H53O11P. The fraction of sp³-hybridized carbons (Fsp3) is 0.677. The van der Waals surface area contributed by atoms with Gasteiger partial charge in [0.15, 0.2) is 6.10 Å². The summed E-state index contributed by atoms with van der Waals surface area (Å²) in [5.74, 6) is -1.24. The fourth-order valence-electron chi connectivity index (χ4n) is 3.75. The second-order valence-corrected chi connectivity index (χ2v) is 11.5. The Morgan fingerprint density at radius 1 is 0.698 bits per heavy atom. The van der Waals surface area contributed by atoms with Crippen LogP contribution in [0.2, 0.25) is 0 Å². The number of aliphatic hydroxyl groups is 3. The summed E-state index contributed by atoms with van der Waals surface area (Å²) in [5, 5.41) is 30.1. The third-order valence-electron chi connectivity index (χ3n) is 6.22. The van der Waals surface area contributed by atoms with Crippen LogP contribution in [0.15, 0.2) is 48.6 Å².